The maximum atomic E-state index is 11.2. The van der Waals surface area contributed by atoms with Gasteiger partial charge in [0.1, 0.15) is 23.5 Å². The minimum absolute atomic E-state index is 0.416. The Balaban J connectivity index is 1.58. The molecule has 0 aliphatic carbocycles. The number of aromatic nitrogens is 3. The fourth-order valence-electron chi connectivity index (χ4n) is 4.19. The molecule has 3 aromatic rings. The van der Waals surface area contributed by atoms with E-state index in [1.54, 1.807) is 0 Å². The van der Waals surface area contributed by atoms with Crippen molar-refractivity contribution in [1.29, 1.82) is 0 Å². The lowest BCUT2D eigenvalue weighted by Crippen LogP contribution is -2.36. The van der Waals surface area contributed by atoms with E-state index in [4.69, 9.17) is 14.6 Å². The normalized spacial score (nSPS) is 14.0. The van der Waals surface area contributed by atoms with E-state index in [1.807, 2.05) is 31.4 Å². The van der Waals surface area contributed by atoms with E-state index in [-0.39, 0.29) is 0 Å². The van der Waals surface area contributed by atoms with E-state index >= 15 is 0 Å². The van der Waals surface area contributed by atoms with E-state index in [9.17, 15) is 4.79 Å². The number of hydrogen-bond acceptors (Lipinski definition) is 9. The lowest BCUT2D eigenvalue weighted by Gasteiger charge is -2.30. The van der Waals surface area contributed by atoms with Gasteiger partial charge < -0.3 is 40.0 Å². The summed E-state index contributed by atoms with van der Waals surface area (Å²) < 4.78 is 11.1. The maximum Gasteiger partial charge on any atom is 0.341 e. The smallest absolute Gasteiger partial charge is 0.341 e. The SMILES string of the molecule is CNCCCN(C)Cc1c[nH]c2ncnc(Nc3ccc(N4CCOCC4)c(OCC(=O)O)c3)c12. The molecule has 0 amide bonds. The first kappa shape index (κ1) is 24.7. The number of nitrogens with one attached hydrogen (secondary N) is 3. The van der Waals surface area contributed by atoms with Crippen molar-refractivity contribution in [3.8, 4) is 5.75 Å². The van der Waals surface area contributed by atoms with Crippen LogP contribution in [-0.2, 0) is 16.1 Å². The Labute approximate surface area is 204 Å². The Morgan fingerprint density at radius 1 is 1.31 bits per heavy atom. The van der Waals surface area contributed by atoms with Crippen molar-refractivity contribution in [3.63, 3.8) is 0 Å². The lowest BCUT2D eigenvalue weighted by molar-refractivity contribution is -0.139. The predicted molar refractivity (Wildman–Crippen MR) is 135 cm³/mol. The average Bonchev–Trinajstić information content (AvgIpc) is 3.27. The molecule has 0 saturated carbocycles. The Hall–Kier alpha value is -3.41. The number of aromatic amines is 1. The molecule has 4 rings (SSSR count). The van der Waals surface area contributed by atoms with Crippen molar-refractivity contribution in [2.24, 2.45) is 0 Å². The molecule has 11 heteroatoms. The highest BCUT2D eigenvalue weighted by atomic mass is 16.5. The second-order valence-electron chi connectivity index (χ2n) is 8.54. The van der Waals surface area contributed by atoms with Crippen LogP contribution in [0, 0.1) is 0 Å². The maximum absolute atomic E-state index is 11.2. The van der Waals surface area contributed by atoms with Crippen molar-refractivity contribution in [2.75, 3.05) is 70.3 Å². The molecule has 1 aliphatic rings. The molecule has 0 radical (unpaired) electrons. The molecule has 1 aromatic carbocycles. The van der Waals surface area contributed by atoms with E-state index in [0.29, 0.717) is 24.8 Å². The first-order valence-corrected chi connectivity index (χ1v) is 11.8. The third kappa shape index (κ3) is 6.38. The van der Waals surface area contributed by atoms with Gasteiger partial charge in [0.15, 0.2) is 6.61 Å². The molecule has 2 aromatic heterocycles. The van der Waals surface area contributed by atoms with Crippen LogP contribution >= 0.6 is 0 Å². The highest BCUT2D eigenvalue weighted by molar-refractivity contribution is 5.92. The summed E-state index contributed by atoms with van der Waals surface area (Å²) in [6.07, 6.45) is 4.55. The number of anilines is 3. The van der Waals surface area contributed by atoms with Gasteiger partial charge in [0.05, 0.1) is 24.3 Å². The topological polar surface area (TPSA) is 128 Å². The fraction of sp³-hybridized carbons (Fsp3) is 0.458. The Bertz CT molecular complexity index is 1130. The summed E-state index contributed by atoms with van der Waals surface area (Å²) in [6, 6.07) is 5.71. The first-order valence-electron chi connectivity index (χ1n) is 11.8. The number of ether oxygens (including phenoxy) is 2. The van der Waals surface area contributed by atoms with Crippen molar-refractivity contribution in [3.05, 3.63) is 36.3 Å². The van der Waals surface area contributed by atoms with Crippen LogP contribution < -0.4 is 20.3 Å². The Kier molecular flexibility index (Phi) is 8.35. The fourth-order valence-corrected chi connectivity index (χ4v) is 4.19. The highest BCUT2D eigenvalue weighted by Gasteiger charge is 2.18. The van der Waals surface area contributed by atoms with Gasteiger partial charge in [-0.2, -0.15) is 0 Å². The van der Waals surface area contributed by atoms with Crippen LogP contribution in [0.3, 0.4) is 0 Å². The van der Waals surface area contributed by atoms with E-state index < -0.39 is 12.6 Å². The van der Waals surface area contributed by atoms with Gasteiger partial charge in [-0.1, -0.05) is 0 Å². The summed E-state index contributed by atoms with van der Waals surface area (Å²) in [7, 11) is 4.06. The van der Waals surface area contributed by atoms with Gasteiger partial charge in [-0.15, -0.1) is 0 Å². The number of nitrogens with zero attached hydrogens (tertiary/aromatic N) is 4. The van der Waals surface area contributed by atoms with Gasteiger partial charge in [-0.25, -0.2) is 14.8 Å². The van der Waals surface area contributed by atoms with Gasteiger partial charge in [-0.3, -0.25) is 0 Å². The summed E-state index contributed by atoms with van der Waals surface area (Å²) in [4.78, 5) is 27.7. The second kappa shape index (κ2) is 11.8. The number of carbonyl (C=O) groups is 1. The number of carboxylic acids is 1. The zero-order valence-corrected chi connectivity index (χ0v) is 20.2. The molecular weight excluding hydrogens is 450 g/mol. The third-order valence-corrected chi connectivity index (χ3v) is 5.88. The quantitative estimate of drug-likeness (QED) is 0.284. The average molecular weight is 484 g/mol. The summed E-state index contributed by atoms with van der Waals surface area (Å²) in [5.74, 6) is 0.158. The van der Waals surface area contributed by atoms with Gasteiger partial charge >= 0.3 is 5.97 Å². The summed E-state index contributed by atoms with van der Waals surface area (Å²) >= 11 is 0. The number of fused-ring (bicyclic) bond motifs is 1. The number of benzene rings is 1. The van der Waals surface area contributed by atoms with Crippen molar-refractivity contribution < 1.29 is 19.4 Å². The number of morpholine rings is 1. The third-order valence-electron chi connectivity index (χ3n) is 5.88. The Morgan fingerprint density at radius 2 is 2.14 bits per heavy atom. The van der Waals surface area contributed by atoms with Crippen LogP contribution in [0.1, 0.15) is 12.0 Å². The van der Waals surface area contributed by atoms with Crippen molar-refractivity contribution >= 4 is 34.2 Å². The van der Waals surface area contributed by atoms with Crippen LogP contribution in [-0.4, -0.2) is 91.0 Å². The number of hydrogen-bond donors (Lipinski definition) is 4. The monoisotopic (exact) mass is 483 g/mol. The van der Waals surface area contributed by atoms with Crippen LogP contribution in [0.4, 0.5) is 17.2 Å². The van der Waals surface area contributed by atoms with Crippen molar-refractivity contribution in [1.82, 2.24) is 25.2 Å². The van der Waals surface area contributed by atoms with Gasteiger partial charge in [-0.05, 0) is 51.3 Å². The predicted octanol–water partition coefficient (Wildman–Crippen LogP) is 2.04. The summed E-state index contributed by atoms with van der Waals surface area (Å²) in [5, 5.41) is 16.6. The summed E-state index contributed by atoms with van der Waals surface area (Å²) in [6.45, 7) is 4.97. The molecule has 35 heavy (non-hydrogen) atoms. The molecule has 1 aliphatic heterocycles. The van der Waals surface area contributed by atoms with Gasteiger partial charge in [0.25, 0.3) is 0 Å². The van der Waals surface area contributed by atoms with Gasteiger partial charge in [0.2, 0.25) is 0 Å². The van der Waals surface area contributed by atoms with Crippen LogP contribution in [0.25, 0.3) is 11.0 Å². The molecule has 4 N–H and O–H groups in total. The second-order valence-corrected chi connectivity index (χ2v) is 8.54. The van der Waals surface area contributed by atoms with Crippen LogP contribution in [0.15, 0.2) is 30.7 Å². The number of carboxylic acid groups (broad SMARTS) is 1. The zero-order valence-electron chi connectivity index (χ0n) is 20.2. The van der Waals surface area contributed by atoms with Crippen molar-refractivity contribution in [2.45, 2.75) is 13.0 Å². The number of aliphatic carboxylic acids is 1. The molecule has 0 bridgehead atoms. The minimum atomic E-state index is -1.02. The zero-order chi connectivity index (χ0) is 24.6. The molecule has 3 heterocycles. The molecule has 0 unspecified atom stereocenters. The van der Waals surface area contributed by atoms with E-state index in [2.05, 4.69) is 42.4 Å². The molecular formula is C24H33N7O4. The minimum Gasteiger partial charge on any atom is -0.480 e. The highest BCUT2D eigenvalue weighted by Crippen LogP contribution is 2.34. The van der Waals surface area contributed by atoms with Crippen LogP contribution in [0.5, 0.6) is 5.75 Å². The molecule has 188 valence electrons. The first-order chi connectivity index (χ1) is 17.0. The number of rotatable bonds is 12. The molecule has 1 fully saturated rings. The molecule has 11 nitrogen and oxygen atoms in total. The Morgan fingerprint density at radius 3 is 2.91 bits per heavy atom. The van der Waals surface area contributed by atoms with Gasteiger partial charge in [0, 0.05) is 37.6 Å². The lowest BCUT2D eigenvalue weighted by atomic mass is 10.2. The standard InChI is InChI=1S/C24H33N7O4/c1-25-6-3-7-30(2)14-17-13-26-23-22(17)24(28-16-27-23)29-18-4-5-19(31-8-10-34-11-9-31)20(12-18)35-15-21(32)33/h4-5,12-13,16,25H,3,6-11,14-15H2,1-2H3,(H,32,33)(H2,26,27,28,29). The summed E-state index contributed by atoms with van der Waals surface area (Å²) in [5.41, 5.74) is 3.45. The largest absolute Gasteiger partial charge is 0.480 e. The molecule has 0 atom stereocenters. The molecule has 1 saturated heterocycles. The number of H-pyrrole nitrogens is 1. The van der Waals surface area contributed by atoms with E-state index in [1.165, 1.54) is 6.33 Å². The molecule has 0 spiro atoms. The van der Waals surface area contributed by atoms with Crippen LogP contribution in [0.2, 0.25) is 0 Å². The van der Waals surface area contributed by atoms with E-state index in [0.717, 1.165) is 67.1 Å².